The van der Waals surface area contributed by atoms with Gasteiger partial charge in [0, 0.05) is 11.6 Å². The number of para-hydroxylation sites is 1. The maximum atomic E-state index is 9.26. The third kappa shape index (κ3) is 4.15. The van der Waals surface area contributed by atoms with Gasteiger partial charge in [-0.25, -0.2) is 8.42 Å². The molecule has 0 saturated carbocycles. The molecule has 0 saturated heterocycles. The van der Waals surface area contributed by atoms with Crippen LogP contribution in [0.25, 0.3) is 10.9 Å². The molecule has 2 atom stereocenters. The van der Waals surface area contributed by atoms with E-state index in [0.29, 0.717) is 0 Å². The number of pyridine rings is 1. The second-order valence-corrected chi connectivity index (χ2v) is 5.21. The smallest absolute Gasteiger partial charge is 0.274 e. The minimum Gasteiger partial charge on any atom is -0.294 e. The molecule has 0 bridgehead atoms. The Morgan fingerprint density at radius 2 is 1.50 bits per heavy atom. The van der Waals surface area contributed by atoms with E-state index >= 15 is 0 Å². The lowest BCUT2D eigenvalue weighted by Gasteiger charge is -1.91. The Hall–Kier alpha value is -1.15. The van der Waals surface area contributed by atoms with Crippen LogP contribution in [-0.2, 0) is 20.2 Å². The molecule has 2 rings (SSSR count). The standard InChI is InChI=1S/C9H7N.H2O4S2/c1-2-6-9-8(4-1)5-3-7-10-9;1-5(2)6(3)4/h1-7H;(H,1,2)(H,3,4). The Kier molecular flexibility index (Phi) is 5.20. The summed E-state index contributed by atoms with van der Waals surface area (Å²) in [6.07, 6.45) is 1.81. The van der Waals surface area contributed by atoms with Crippen molar-refractivity contribution in [3.05, 3.63) is 42.6 Å². The fourth-order valence-corrected chi connectivity index (χ4v) is 1.02. The number of hydrogen-bond donors (Lipinski definition) is 2. The maximum Gasteiger partial charge on any atom is 0.274 e. The van der Waals surface area contributed by atoms with Crippen LogP contribution < -0.4 is 0 Å². The molecular weight excluding hydrogens is 250 g/mol. The van der Waals surface area contributed by atoms with E-state index in [1.165, 1.54) is 5.39 Å². The molecule has 0 aliphatic heterocycles. The quantitative estimate of drug-likeness (QED) is 0.599. The SMILES string of the molecule is O=S(O)S(=O)O.c1ccc2ncccc2c1. The average molecular weight is 259 g/mol. The third-order valence-corrected chi connectivity index (χ3v) is 2.61. The lowest BCUT2D eigenvalue weighted by molar-refractivity contribution is 0.548. The molecule has 1 aromatic carbocycles. The number of hydrogen-bond acceptors (Lipinski definition) is 3. The first-order chi connectivity index (χ1) is 7.61. The van der Waals surface area contributed by atoms with Crippen molar-refractivity contribution in [3.8, 4) is 0 Å². The van der Waals surface area contributed by atoms with E-state index in [1.54, 1.807) is 0 Å². The average Bonchev–Trinajstić information content (AvgIpc) is 2.30. The van der Waals surface area contributed by atoms with Crippen molar-refractivity contribution in [1.82, 2.24) is 4.98 Å². The van der Waals surface area contributed by atoms with Gasteiger partial charge in [0.15, 0.2) is 0 Å². The maximum absolute atomic E-state index is 9.26. The van der Waals surface area contributed by atoms with Crippen LogP contribution in [0.4, 0.5) is 0 Å². The molecule has 2 N–H and O–H groups in total. The van der Waals surface area contributed by atoms with E-state index < -0.39 is 20.2 Å². The van der Waals surface area contributed by atoms with Crippen LogP contribution in [-0.4, -0.2) is 22.5 Å². The van der Waals surface area contributed by atoms with Crippen LogP contribution in [0, 0.1) is 0 Å². The predicted molar refractivity (Wildman–Crippen MR) is 63.3 cm³/mol. The Labute approximate surface area is 96.5 Å². The largest absolute Gasteiger partial charge is 0.294 e. The first kappa shape index (κ1) is 12.9. The minimum atomic E-state index is -2.59. The van der Waals surface area contributed by atoms with E-state index in [1.807, 2.05) is 30.5 Å². The van der Waals surface area contributed by atoms with Crippen molar-refractivity contribution in [3.63, 3.8) is 0 Å². The van der Waals surface area contributed by atoms with Gasteiger partial charge in [0.1, 0.15) is 0 Å². The molecule has 0 aliphatic rings. The highest BCUT2D eigenvalue weighted by Gasteiger charge is 1.95. The fraction of sp³-hybridized carbons (Fsp3) is 0. The van der Waals surface area contributed by atoms with Gasteiger partial charge in [-0.2, -0.15) is 0 Å². The Morgan fingerprint density at radius 1 is 0.938 bits per heavy atom. The summed E-state index contributed by atoms with van der Waals surface area (Å²) in [5, 5.41) is 1.20. The summed E-state index contributed by atoms with van der Waals surface area (Å²) in [5.74, 6) is 0. The number of rotatable bonds is 1. The first-order valence-electron chi connectivity index (χ1n) is 4.13. The highest BCUT2D eigenvalue weighted by Crippen LogP contribution is 2.07. The number of benzene rings is 1. The van der Waals surface area contributed by atoms with Gasteiger partial charge in [-0.05, 0) is 12.1 Å². The van der Waals surface area contributed by atoms with Crippen molar-refractivity contribution in [2.75, 3.05) is 0 Å². The Balaban J connectivity index is 0.000000187. The Morgan fingerprint density at radius 3 is 2.06 bits per heavy atom. The topological polar surface area (TPSA) is 87.5 Å². The summed E-state index contributed by atoms with van der Waals surface area (Å²) in [6, 6.07) is 12.1. The molecule has 1 heterocycles. The van der Waals surface area contributed by atoms with Crippen LogP contribution in [0.3, 0.4) is 0 Å². The summed E-state index contributed by atoms with van der Waals surface area (Å²) in [5.41, 5.74) is 1.06. The lowest BCUT2D eigenvalue weighted by Crippen LogP contribution is -1.93. The normalized spacial score (nSPS) is 13.6. The van der Waals surface area contributed by atoms with Gasteiger partial charge in [-0.3, -0.25) is 14.1 Å². The van der Waals surface area contributed by atoms with Crippen molar-refractivity contribution < 1.29 is 17.5 Å². The second-order valence-electron chi connectivity index (χ2n) is 2.63. The highest BCUT2D eigenvalue weighted by atomic mass is 33.2. The predicted octanol–water partition coefficient (Wildman–Crippen LogP) is 1.58. The zero-order valence-electron chi connectivity index (χ0n) is 8.02. The summed E-state index contributed by atoms with van der Waals surface area (Å²) in [4.78, 5) is 4.18. The molecule has 0 fully saturated rings. The van der Waals surface area contributed by atoms with Crippen molar-refractivity contribution >= 4 is 31.1 Å². The molecule has 16 heavy (non-hydrogen) atoms. The number of fused-ring (bicyclic) bond motifs is 1. The molecule has 2 unspecified atom stereocenters. The molecule has 1 aromatic heterocycles. The van der Waals surface area contributed by atoms with Gasteiger partial charge in [0.05, 0.1) is 5.52 Å². The van der Waals surface area contributed by atoms with Gasteiger partial charge in [-0.1, -0.05) is 24.3 Å². The lowest BCUT2D eigenvalue weighted by atomic mass is 10.2. The minimum absolute atomic E-state index is 1.06. The van der Waals surface area contributed by atoms with E-state index in [2.05, 4.69) is 17.1 Å². The molecule has 0 spiro atoms. The van der Waals surface area contributed by atoms with E-state index in [-0.39, 0.29) is 0 Å². The second kappa shape index (κ2) is 6.44. The molecule has 0 amide bonds. The van der Waals surface area contributed by atoms with Gasteiger partial charge in [-0.15, -0.1) is 0 Å². The Bertz CT molecular complexity index is 440. The summed E-state index contributed by atoms with van der Waals surface area (Å²) >= 11 is 0. The molecule has 5 nitrogen and oxygen atoms in total. The van der Waals surface area contributed by atoms with E-state index in [9.17, 15) is 8.42 Å². The summed E-state index contributed by atoms with van der Waals surface area (Å²) < 4.78 is 33.6. The third-order valence-electron chi connectivity index (χ3n) is 1.63. The van der Waals surface area contributed by atoms with Crippen molar-refractivity contribution in [2.45, 2.75) is 0 Å². The summed E-state index contributed by atoms with van der Waals surface area (Å²) in [6.45, 7) is 0. The molecule has 7 heteroatoms. The van der Waals surface area contributed by atoms with Gasteiger partial charge in [0.25, 0.3) is 20.2 Å². The van der Waals surface area contributed by atoms with Crippen molar-refractivity contribution in [1.29, 1.82) is 0 Å². The van der Waals surface area contributed by atoms with E-state index in [0.717, 1.165) is 5.52 Å². The zero-order chi connectivity index (χ0) is 12.0. The van der Waals surface area contributed by atoms with Gasteiger partial charge in [0.2, 0.25) is 0 Å². The highest BCUT2D eigenvalue weighted by molar-refractivity contribution is 8.56. The number of nitrogens with zero attached hydrogens (tertiary/aromatic N) is 1. The summed E-state index contributed by atoms with van der Waals surface area (Å²) in [7, 11) is -5.18. The van der Waals surface area contributed by atoms with E-state index in [4.69, 9.17) is 9.11 Å². The van der Waals surface area contributed by atoms with Crippen LogP contribution >= 0.6 is 0 Å². The monoisotopic (exact) mass is 259 g/mol. The van der Waals surface area contributed by atoms with Gasteiger partial charge >= 0.3 is 0 Å². The zero-order valence-corrected chi connectivity index (χ0v) is 9.65. The molecular formula is C9H9NO4S2. The molecule has 2 aromatic rings. The van der Waals surface area contributed by atoms with Crippen LogP contribution in [0.5, 0.6) is 0 Å². The first-order valence-corrected chi connectivity index (χ1v) is 6.86. The van der Waals surface area contributed by atoms with Crippen LogP contribution in [0.1, 0.15) is 0 Å². The fourth-order valence-electron chi connectivity index (χ4n) is 1.02. The molecule has 0 radical (unpaired) electrons. The van der Waals surface area contributed by atoms with Gasteiger partial charge < -0.3 is 0 Å². The molecule has 0 aliphatic carbocycles. The number of aromatic nitrogens is 1. The van der Waals surface area contributed by atoms with Crippen molar-refractivity contribution in [2.24, 2.45) is 0 Å². The van der Waals surface area contributed by atoms with Crippen LogP contribution in [0.15, 0.2) is 42.6 Å². The molecule has 86 valence electrons. The van der Waals surface area contributed by atoms with Crippen LogP contribution in [0.2, 0.25) is 0 Å².